The first-order valence-corrected chi connectivity index (χ1v) is 7.30. The van der Waals surface area contributed by atoms with Gasteiger partial charge in [0.25, 0.3) is 15.2 Å². The van der Waals surface area contributed by atoms with Gasteiger partial charge in [0.15, 0.2) is 17.5 Å². The van der Waals surface area contributed by atoms with Crippen molar-refractivity contribution in [2.75, 3.05) is 0 Å². The summed E-state index contributed by atoms with van der Waals surface area (Å²) >= 11 is 0. The maximum absolute atomic E-state index is 13.2. The number of nitrogens with two attached hydrogens (primary N) is 1. The third-order valence-electron chi connectivity index (χ3n) is 2.60. The van der Waals surface area contributed by atoms with Gasteiger partial charge in [0.05, 0.1) is 0 Å². The molecular formula is C11H12F2N4O2S. The predicted octanol–water partition coefficient (Wildman–Crippen LogP) is 1.28. The minimum atomic E-state index is -4.04. The molecular weight excluding hydrogens is 290 g/mol. The summed E-state index contributed by atoms with van der Waals surface area (Å²) in [6.45, 7) is 2.11. The molecule has 0 radical (unpaired) electrons. The molecule has 0 saturated carbocycles. The zero-order chi connectivity index (χ0) is 14.9. The van der Waals surface area contributed by atoms with E-state index in [0.29, 0.717) is 6.42 Å². The molecule has 6 nitrogen and oxygen atoms in total. The van der Waals surface area contributed by atoms with E-state index in [0.717, 1.165) is 12.1 Å². The highest BCUT2D eigenvalue weighted by molar-refractivity contribution is 7.89. The van der Waals surface area contributed by atoms with Gasteiger partial charge in [-0.2, -0.15) is 0 Å². The number of benzene rings is 1. The van der Waals surface area contributed by atoms with Crippen molar-refractivity contribution >= 4 is 10.0 Å². The molecule has 2 rings (SSSR count). The topological polar surface area (TPSA) is 90.9 Å². The number of sulfonamides is 1. The van der Waals surface area contributed by atoms with Crippen molar-refractivity contribution in [3.05, 3.63) is 29.8 Å². The molecule has 2 aromatic rings. The van der Waals surface area contributed by atoms with Crippen LogP contribution in [0.3, 0.4) is 0 Å². The Morgan fingerprint density at radius 1 is 1.25 bits per heavy atom. The molecule has 0 atom stereocenters. The lowest BCUT2D eigenvalue weighted by atomic mass is 10.2. The fourth-order valence-electron chi connectivity index (χ4n) is 1.77. The van der Waals surface area contributed by atoms with Crippen LogP contribution in [0.2, 0.25) is 0 Å². The Hall–Kier alpha value is -1.87. The summed E-state index contributed by atoms with van der Waals surface area (Å²) in [6.07, 6.45) is 0.594. The van der Waals surface area contributed by atoms with Gasteiger partial charge in [0.1, 0.15) is 0 Å². The van der Waals surface area contributed by atoms with Gasteiger partial charge in [-0.3, -0.25) is 4.57 Å². The van der Waals surface area contributed by atoms with Gasteiger partial charge in [-0.15, -0.1) is 10.2 Å². The summed E-state index contributed by atoms with van der Waals surface area (Å²) in [5.74, 6) is -1.93. The molecule has 0 bridgehead atoms. The summed E-state index contributed by atoms with van der Waals surface area (Å²) < 4.78 is 50.3. The first-order chi connectivity index (χ1) is 9.34. The van der Waals surface area contributed by atoms with Crippen LogP contribution in [0, 0.1) is 11.6 Å². The number of primary sulfonamides is 1. The van der Waals surface area contributed by atoms with E-state index in [9.17, 15) is 17.2 Å². The highest BCUT2D eigenvalue weighted by Gasteiger charge is 2.22. The van der Waals surface area contributed by atoms with E-state index in [4.69, 9.17) is 5.14 Å². The molecule has 0 aliphatic heterocycles. The molecule has 1 aromatic heterocycles. The Kier molecular flexibility index (Phi) is 3.82. The number of halogens is 2. The van der Waals surface area contributed by atoms with Crippen molar-refractivity contribution in [1.82, 2.24) is 14.8 Å². The van der Waals surface area contributed by atoms with Crippen molar-refractivity contribution in [3.8, 4) is 11.4 Å². The second kappa shape index (κ2) is 5.25. The lowest BCUT2D eigenvalue weighted by Gasteiger charge is -2.08. The molecule has 108 valence electrons. The predicted molar refractivity (Wildman–Crippen MR) is 67.0 cm³/mol. The van der Waals surface area contributed by atoms with Gasteiger partial charge in [-0.05, 0) is 24.6 Å². The Morgan fingerprint density at radius 2 is 1.95 bits per heavy atom. The highest BCUT2D eigenvalue weighted by Crippen LogP contribution is 2.22. The molecule has 0 amide bonds. The van der Waals surface area contributed by atoms with Gasteiger partial charge in [-0.25, -0.2) is 22.3 Å². The summed E-state index contributed by atoms with van der Waals surface area (Å²) in [5, 5.41) is 11.9. The third-order valence-corrected chi connectivity index (χ3v) is 3.41. The van der Waals surface area contributed by atoms with E-state index in [1.807, 2.05) is 6.92 Å². The smallest absolute Gasteiger partial charge is 0.273 e. The third kappa shape index (κ3) is 2.68. The largest absolute Gasteiger partial charge is 0.297 e. The molecule has 0 fully saturated rings. The summed E-state index contributed by atoms with van der Waals surface area (Å²) in [4.78, 5) is 0. The molecule has 2 N–H and O–H groups in total. The van der Waals surface area contributed by atoms with E-state index < -0.39 is 26.8 Å². The second-order valence-electron chi connectivity index (χ2n) is 4.13. The first kappa shape index (κ1) is 14.5. The van der Waals surface area contributed by atoms with E-state index in [1.54, 1.807) is 0 Å². The van der Waals surface area contributed by atoms with Crippen LogP contribution in [0.15, 0.2) is 23.4 Å². The minimum absolute atomic E-state index is 0.120. The number of nitrogens with zero attached hydrogens (tertiary/aromatic N) is 3. The van der Waals surface area contributed by atoms with Crippen molar-refractivity contribution in [1.29, 1.82) is 0 Å². The standard InChI is InChI=1S/C11H12F2N4O2S/c1-2-5-17-10(15-16-11(17)20(14,18)19)7-3-4-8(12)9(13)6-7/h3-4,6H,2,5H2,1H3,(H2,14,18,19). The van der Waals surface area contributed by atoms with E-state index in [2.05, 4.69) is 10.2 Å². The molecule has 0 aliphatic carbocycles. The number of aromatic nitrogens is 3. The molecule has 20 heavy (non-hydrogen) atoms. The van der Waals surface area contributed by atoms with Crippen LogP contribution in [0.4, 0.5) is 8.78 Å². The molecule has 0 unspecified atom stereocenters. The fourth-order valence-corrected chi connectivity index (χ4v) is 2.41. The SMILES string of the molecule is CCCn1c(-c2ccc(F)c(F)c2)nnc1S(N)(=O)=O. The van der Waals surface area contributed by atoms with Gasteiger partial charge in [0.2, 0.25) is 0 Å². The molecule has 1 heterocycles. The van der Waals surface area contributed by atoms with Crippen LogP contribution in [-0.4, -0.2) is 23.2 Å². The number of hydrogen-bond donors (Lipinski definition) is 1. The van der Waals surface area contributed by atoms with E-state index in [1.165, 1.54) is 10.6 Å². The Balaban J connectivity index is 2.62. The summed E-state index contributed by atoms with van der Waals surface area (Å²) in [7, 11) is -4.04. The number of hydrogen-bond acceptors (Lipinski definition) is 4. The Labute approximate surface area is 114 Å². The zero-order valence-electron chi connectivity index (χ0n) is 10.5. The monoisotopic (exact) mass is 302 g/mol. The van der Waals surface area contributed by atoms with Crippen molar-refractivity contribution in [3.63, 3.8) is 0 Å². The summed E-state index contributed by atoms with van der Waals surface area (Å²) in [5.41, 5.74) is 0.222. The fraction of sp³-hybridized carbons (Fsp3) is 0.273. The maximum Gasteiger partial charge on any atom is 0.273 e. The van der Waals surface area contributed by atoms with Gasteiger partial charge in [-0.1, -0.05) is 6.92 Å². The zero-order valence-corrected chi connectivity index (χ0v) is 11.4. The maximum atomic E-state index is 13.2. The molecule has 0 aliphatic rings. The Morgan fingerprint density at radius 3 is 2.50 bits per heavy atom. The van der Waals surface area contributed by atoms with E-state index in [-0.39, 0.29) is 17.9 Å². The van der Waals surface area contributed by atoms with Crippen LogP contribution in [-0.2, 0) is 16.6 Å². The highest BCUT2D eigenvalue weighted by atomic mass is 32.2. The minimum Gasteiger partial charge on any atom is -0.297 e. The Bertz CT molecular complexity index is 743. The lowest BCUT2D eigenvalue weighted by molar-refractivity contribution is 0.508. The first-order valence-electron chi connectivity index (χ1n) is 5.76. The van der Waals surface area contributed by atoms with Gasteiger partial charge < -0.3 is 0 Å². The number of rotatable bonds is 4. The average Bonchev–Trinajstić information content (AvgIpc) is 2.77. The van der Waals surface area contributed by atoms with Crippen LogP contribution < -0.4 is 5.14 Å². The van der Waals surface area contributed by atoms with Crippen LogP contribution in [0.5, 0.6) is 0 Å². The van der Waals surface area contributed by atoms with Crippen molar-refractivity contribution < 1.29 is 17.2 Å². The lowest BCUT2D eigenvalue weighted by Crippen LogP contribution is -2.19. The van der Waals surface area contributed by atoms with Crippen LogP contribution in [0.1, 0.15) is 13.3 Å². The van der Waals surface area contributed by atoms with Gasteiger partial charge in [0, 0.05) is 12.1 Å². The quantitative estimate of drug-likeness (QED) is 0.921. The van der Waals surface area contributed by atoms with Crippen LogP contribution in [0.25, 0.3) is 11.4 Å². The van der Waals surface area contributed by atoms with Crippen molar-refractivity contribution in [2.24, 2.45) is 5.14 Å². The van der Waals surface area contributed by atoms with Crippen molar-refractivity contribution in [2.45, 2.75) is 25.0 Å². The molecule has 0 saturated heterocycles. The second-order valence-corrected chi connectivity index (χ2v) is 5.59. The molecule has 0 spiro atoms. The average molecular weight is 302 g/mol. The van der Waals surface area contributed by atoms with E-state index >= 15 is 0 Å². The normalized spacial score (nSPS) is 11.8. The molecule has 9 heteroatoms. The molecule has 1 aromatic carbocycles. The van der Waals surface area contributed by atoms with Crippen LogP contribution >= 0.6 is 0 Å². The van der Waals surface area contributed by atoms with Gasteiger partial charge >= 0.3 is 0 Å². The summed E-state index contributed by atoms with van der Waals surface area (Å²) in [6, 6.07) is 3.16.